The second-order valence-corrected chi connectivity index (χ2v) is 13.4. The number of carbonyl (C=O) groups is 2. The molecular formula is C36H46N6O4. The molecule has 244 valence electrons. The van der Waals surface area contributed by atoms with Gasteiger partial charge in [0.05, 0.1) is 24.5 Å². The number of aliphatic hydroxyl groups is 1. The summed E-state index contributed by atoms with van der Waals surface area (Å²) in [6.07, 6.45) is 6.82. The van der Waals surface area contributed by atoms with E-state index in [1.807, 2.05) is 50.4 Å². The Labute approximate surface area is 271 Å². The number of oxazole rings is 1. The van der Waals surface area contributed by atoms with Crippen LogP contribution in [-0.2, 0) is 6.42 Å². The van der Waals surface area contributed by atoms with Gasteiger partial charge in [-0.25, -0.2) is 4.98 Å². The third-order valence-corrected chi connectivity index (χ3v) is 8.45. The molecule has 2 aliphatic heterocycles. The number of allylic oxidation sites excluding steroid dienone is 1. The number of likely N-dealkylation sites (tertiary alicyclic amines) is 1. The molecule has 3 aromatic rings. The average molecular weight is 627 g/mol. The summed E-state index contributed by atoms with van der Waals surface area (Å²) in [5, 5.41) is 17.7. The standard InChI is InChI=1S/C36H46N6O4/c1-24-14-27(17-28(15-24)35(45)42-13-9-12-31(42)34-39-25(2)21-46-34)33(44)40-30(16-26-10-7-6-8-11-26)32(43)19-38-23-41-20-29(18-37-22-41)36(3,4)5/h6-8,10-11,14-15,17-18,20-21,30-32,38,43H,9,12-13,16,19,22-23H2,1-5H3,(H,40,44)/t30-,31+,32+/m0/s1. The minimum Gasteiger partial charge on any atom is -0.446 e. The topological polar surface area (TPSA) is 123 Å². The van der Waals surface area contributed by atoms with Crippen LogP contribution < -0.4 is 10.6 Å². The maximum atomic E-state index is 13.7. The molecule has 0 spiro atoms. The maximum absolute atomic E-state index is 13.7. The number of aromatic nitrogens is 1. The van der Waals surface area contributed by atoms with Crippen LogP contribution in [0.2, 0.25) is 0 Å². The van der Waals surface area contributed by atoms with Gasteiger partial charge in [-0.2, -0.15) is 0 Å². The van der Waals surface area contributed by atoms with Crippen LogP contribution in [0.25, 0.3) is 0 Å². The van der Waals surface area contributed by atoms with Crippen molar-refractivity contribution < 1.29 is 19.1 Å². The lowest BCUT2D eigenvalue weighted by Gasteiger charge is -2.30. The zero-order valence-corrected chi connectivity index (χ0v) is 27.5. The van der Waals surface area contributed by atoms with Crippen molar-refractivity contribution in [3.63, 3.8) is 0 Å². The molecule has 5 rings (SSSR count). The van der Waals surface area contributed by atoms with Gasteiger partial charge in [0.1, 0.15) is 19.0 Å². The Morgan fingerprint density at radius 3 is 2.59 bits per heavy atom. The first-order valence-corrected chi connectivity index (χ1v) is 16.0. The molecule has 3 N–H and O–H groups in total. The molecule has 2 aromatic carbocycles. The summed E-state index contributed by atoms with van der Waals surface area (Å²) in [6.45, 7) is 12.1. The number of carbonyl (C=O) groups excluding carboxylic acids is 2. The van der Waals surface area contributed by atoms with E-state index >= 15 is 0 Å². The van der Waals surface area contributed by atoms with E-state index in [2.05, 4.69) is 52.5 Å². The number of aliphatic imine (C=N–C) groups is 1. The Kier molecular flexibility index (Phi) is 10.4. The molecule has 1 fully saturated rings. The highest BCUT2D eigenvalue weighted by atomic mass is 16.3. The minimum atomic E-state index is -0.871. The molecule has 3 heterocycles. The first-order valence-electron chi connectivity index (χ1n) is 16.0. The van der Waals surface area contributed by atoms with E-state index in [-0.39, 0.29) is 29.8 Å². The van der Waals surface area contributed by atoms with E-state index in [1.165, 1.54) is 0 Å². The van der Waals surface area contributed by atoms with Crippen molar-refractivity contribution in [2.45, 2.75) is 72.1 Å². The molecule has 10 heteroatoms. The summed E-state index contributed by atoms with van der Waals surface area (Å²) in [5.41, 5.74) is 4.50. The summed E-state index contributed by atoms with van der Waals surface area (Å²) in [7, 11) is 0. The summed E-state index contributed by atoms with van der Waals surface area (Å²) < 4.78 is 5.64. The van der Waals surface area contributed by atoms with Gasteiger partial charge in [-0.05, 0) is 73.4 Å². The van der Waals surface area contributed by atoms with Gasteiger partial charge in [0.2, 0.25) is 5.89 Å². The van der Waals surface area contributed by atoms with Crippen LogP contribution in [0.5, 0.6) is 0 Å². The van der Waals surface area contributed by atoms with Crippen molar-refractivity contribution in [2.24, 2.45) is 10.4 Å². The Bertz CT molecular complexity index is 1570. The van der Waals surface area contributed by atoms with Crippen LogP contribution in [0.1, 0.15) is 83.1 Å². The average Bonchev–Trinajstić information content (AvgIpc) is 3.69. The summed E-state index contributed by atoms with van der Waals surface area (Å²) in [4.78, 5) is 40.2. The third kappa shape index (κ3) is 8.30. The van der Waals surface area contributed by atoms with Crippen molar-refractivity contribution in [1.29, 1.82) is 0 Å². The van der Waals surface area contributed by atoms with Gasteiger partial charge < -0.3 is 24.6 Å². The van der Waals surface area contributed by atoms with Gasteiger partial charge in [-0.1, -0.05) is 51.1 Å². The van der Waals surface area contributed by atoms with Gasteiger partial charge in [0, 0.05) is 36.6 Å². The van der Waals surface area contributed by atoms with Crippen molar-refractivity contribution in [1.82, 2.24) is 25.4 Å². The first kappa shape index (κ1) is 33.1. The van der Waals surface area contributed by atoms with Crippen LogP contribution in [-0.4, -0.2) is 76.5 Å². The predicted octanol–water partition coefficient (Wildman–Crippen LogP) is 4.79. The molecule has 0 bridgehead atoms. The smallest absolute Gasteiger partial charge is 0.254 e. The van der Waals surface area contributed by atoms with E-state index in [0.29, 0.717) is 43.3 Å². The Morgan fingerprint density at radius 2 is 1.87 bits per heavy atom. The Hall–Kier alpha value is -4.28. The second kappa shape index (κ2) is 14.4. The van der Waals surface area contributed by atoms with Gasteiger partial charge in [0.25, 0.3) is 11.8 Å². The molecule has 10 nitrogen and oxygen atoms in total. The number of hydrogen-bond acceptors (Lipinski definition) is 8. The van der Waals surface area contributed by atoms with Crippen molar-refractivity contribution >= 4 is 18.0 Å². The van der Waals surface area contributed by atoms with Crippen LogP contribution in [0.4, 0.5) is 0 Å². The van der Waals surface area contributed by atoms with Gasteiger partial charge >= 0.3 is 0 Å². The first-order chi connectivity index (χ1) is 22.0. The van der Waals surface area contributed by atoms with E-state index in [1.54, 1.807) is 29.4 Å². The number of nitrogens with zero attached hydrogens (tertiary/aromatic N) is 4. The highest BCUT2D eigenvalue weighted by Gasteiger charge is 2.34. The molecule has 0 aliphatic carbocycles. The number of rotatable bonds is 11. The van der Waals surface area contributed by atoms with Gasteiger partial charge in [-0.3, -0.25) is 19.9 Å². The lowest BCUT2D eigenvalue weighted by molar-refractivity contribution is 0.0715. The van der Waals surface area contributed by atoms with Crippen LogP contribution >= 0.6 is 0 Å². The van der Waals surface area contributed by atoms with E-state index in [0.717, 1.165) is 35.2 Å². The fourth-order valence-electron chi connectivity index (χ4n) is 5.89. The number of aryl methyl sites for hydroxylation is 2. The van der Waals surface area contributed by atoms with Crippen LogP contribution in [0.15, 0.2) is 76.0 Å². The van der Waals surface area contributed by atoms with E-state index < -0.39 is 12.1 Å². The summed E-state index contributed by atoms with van der Waals surface area (Å²) >= 11 is 0. The third-order valence-electron chi connectivity index (χ3n) is 8.45. The lowest BCUT2D eigenvalue weighted by atomic mass is 9.87. The molecule has 46 heavy (non-hydrogen) atoms. The number of aliphatic hydroxyl groups excluding tert-OH is 1. The highest BCUT2D eigenvalue weighted by molar-refractivity contribution is 6.00. The Balaban J connectivity index is 1.28. The van der Waals surface area contributed by atoms with Crippen molar-refractivity contribution in [2.75, 3.05) is 26.4 Å². The summed E-state index contributed by atoms with van der Waals surface area (Å²) in [6, 6.07) is 14.2. The lowest BCUT2D eigenvalue weighted by Crippen LogP contribution is -2.49. The maximum Gasteiger partial charge on any atom is 0.254 e. The summed E-state index contributed by atoms with van der Waals surface area (Å²) in [5.74, 6) is 0.0352. The van der Waals surface area contributed by atoms with E-state index in [9.17, 15) is 14.7 Å². The number of hydrogen-bond donors (Lipinski definition) is 3. The second-order valence-electron chi connectivity index (χ2n) is 13.4. The fraction of sp³-hybridized carbons (Fsp3) is 0.444. The molecule has 2 amide bonds. The largest absolute Gasteiger partial charge is 0.446 e. The zero-order chi connectivity index (χ0) is 32.8. The van der Waals surface area contributed by atoms with E-state index in [4.69, 9.17) is 4.42 Å². The van der Waals surface area contributed by atoms with Crippen molar-refractivity contribution in [3.05, 3.63) is 100 Å². The fourth-order valence-corrected chi connectivity index (χ4v) is 5.89. The quantitative estimate of drug-likeness (QED) is 0.280. The van der Waals surface area contributed by atoms with Gasteiger partial charge in [0.15, 0.2) is 0 Å². The monoisotopic (exact) mass is 626 g/mol. The molecule has 0 radical (unpaired) electrons. The molecule has 1 aromatic heterocycles. The minimum absolute atomic E-state index is 0.0149. The number of benzene rings is 2. The predicted molar refractivity (Wildman–Crippen MR) is 178 cm³/mol. The normalized spacial score (nSPS) is 18.0. The number of nitrogens with one attached hydrogen (secondary N) is 2. The van der Waals surface area contributed by atoms with Crippen molar-refractivity contribution in [3.8, 4) is 0 Å². The highest BCUT2D eigenvalue weighted by Crippen LogP contribution is 2.33. The SMILES string of the molecule is Cc1cc(C(=O)N[C@@H](Cc2ccccc2)[C@H](O)CNCN2C=C(C(C)(C)C)C=NC2)cc(C(=O)N2CCC[C@@H]2c2nc(C)co2)c1. The zero-order valence-electron chi connectivity index (χ0n) is 27.5. The molecule has 1 saturated heterocycles. The van der Waals surface area contributed by atoms with Crippen LogP contribution in [0, 0.1) is 19.3 Å². The molecule has 0 saturated carbocycles. The molecule has 2 aliphatic rings. The molecular weight excluding hydrogens is 580 g/mol. The molecule has 0 unspecified atom stereocenters. The molecule has 3 atom stereocenters. The van der Waals surface area contributed by atoms with Gasteiger partial charge in [-0.15, -0.1) is 0 Å². The van der Waals surface area contributed by atoms with Crippen LogP contribution in [0.3, 0.4) is 0 Å². The number of amides is 2. The Morgan fingerprint density at radius 1 is 1.11 bits per heavy atom.